The van der Waals surface area contributed by atoms with E-state index in [0.29, 0.717) is 24.0 Å². The molecule has 0 saturated carbocycles. The first kappa shape index (κ1) is 12.9. The molecular weight excluding hydrogens is 238 g/mol. The smallest absolute Gasteiger partial charge is 0.122 e. The summed E-state index contributed by atoms with van der Waals surface area (Å²) in [7, 11) is 2.02. The van der Waals surface area contributed by atoms with Gasteiger partial charge in [-0.1, -0.05) is 18.5 Å². The third-order valence-corrected chi connectivity index (χ3v) is 3.84. The van der Waals surface area contributed by atoms with Gasteiger partial charge in [0.2, 0.25) is 0 Å². The number of halogens is 1. The molecule has 1 aliphatic heterocycles. The van der Waals surface area contributed by atoms with Gasteiger partial charge in [-0.25, -0.2) is 0 Å². The molecule has 96 valence electrons. The first-order chi connectivity index (χ1) is 7.98. The average Bonchev–Trinajstić information content (AvgIpc) is 2.71. The Kier molecular flexibility index (Phi) is 3.48. The van der Waals surface area contributed by atoms with Crippen LogP contribution in [0.15, 0.2) is 6.20 Å². The maximum atomic E-state index is 10.8. The van der Waals surface area contributed by atoms with E-state index in [0.717, 1.165) is 18.7 Å². The summed E-state index contributed by atoms with van der Waals surface area (Å²) in [5.41, 5.74) is -0.0890. The minimum atomic E-state index is -0.864. The number of hydrogen-bond acceptors (Lipinski definition) is 3. The predicted octanol–water partition coefficient (Wildman–Crippen LogP) is 1.86. The maximum Gasteiger partial charge on any atom is 0.122 e. The Hall–Kier alpha value is -0.580. The van der Waals surface area contributed by atoms with Crippen molar-refractivity contribution in [2.24, 2.45) is 0 Å². The Balaban J connectivity index is 2.36. The summed E-state index contributed by atoms with van der Waals surface area (Å²) in [4.78, 5) is 2.15. The maximum absolute atomic E-state index is 10.8. The highest BCUT2D eigenvalue weighted by Crippen LogP contribution is 2.38. The Morgan fingerprint density at radius 2 is 2.35 bits per heavy atom. The van der Waals surface area contributed by atoms with Gasteiger partial charge in [0.1, 0.15) is 5.60 Å². The molecular formula is C12H20ClN3O. The number of aryl methyl sites for hydroxylation is 1. The molecule has 2 rings (SSSR count). The van der Waals surface area contributed by atoms with Gasteiger partial charge in [0.15, 0.2) is 0 Å². The number of likely N-dealkylation sites (tertiary alicyclic amines) is 1. The van der Waals surface area contributed by atoms with Crippen molar-refractivity contribution in [2.45, 2.75) is 44.9 Å². The highest BCUT2D eigenvalue weighted by Gasteiger charge is 2.43. The average molecular weight is 258 g/mol. The van der Waals surface area contributed by atoms with Gasteiger partial charge in [0.05, 0.1) is 16.9 Å². The molecule has 0 aromatic carbocycles. The van der Waals surface area contributed by atoms with Crippen LogP contribution in [0.1, 0.15) is 32.4 Å². The molecule has 2 unspecified atom stereocenters. The zero-order valence-corrected chi connectivity index (χ0v) is 11.4. The van der Waals surface area contributed by atoms with E-state index in [1.54, 1.807) is 6.20 Å². The van der Waals surface area contributed by atoms with Crippen LogP contribution in [-0.2, 0) is 12.1 Å². The molecule has 1 aliphatic rings. The number of likely N-dealkylation sites (N-methyl/N-ethyl adjacent to an activating group) is 1. The van der Waals surface area contributed by atoms with Crippen LogP contribution in [0.3, 0.4) is 0 Å². The lowest BCUT2D eigenvalue weighted by molar-refractivity contribution is 0.0392. The SMILES string of the molecule is CCCn1ncc(Cl)c1C1(O)CC(C)N(C)C1. The molecule has 1 aromatic heterocycles. The van der Waals surface area contributed by atoms with Crippen molar-refractivity contribution in [1.29, 1.82) is 0 Å². The van der Waals surface area contributed by atoms with Crippen molar-refractivity contribution in [3.05, 3.63) is 16.9 Å². The molecule has 1 fully saturated rings. The van der Waals surface area contributed by atoms with Gasteiger partial charge in [-0.15, -0.1) is 0 Å². The van der Waals surface area contributed by atoms with E-state index in [2.05, 4.69) is 23.8 Å². The van der Waals surface area contributed by atoms with E-state index in [4.69, 9.17) is 11.6 Å². The van der Waals surface area contributed by atoms with Crippen LogP contribution in [0.2, 0.25) is 5.02 Å². The number of β-amino-alcohol motifs (C(OH)–C–C–N with tert-alkyl or cyclic N) is 1. The zero-order valence-electron chi connectivity index (χ0n) is 10.6. The number of nitrogens with zero attached hydrogens (tertiary/aromatic N) is 3. The third-order valence-electron chi connectivity index (χ3n) is 3.57. The zero-order chi connectivity index (χ0) is 12.6. The lowest BCUT2D eigenvalue weighted by atomic mass is 9.96. The van der Waals surface area contributed by atoms with E-state index in [1.165, 1.54) is 0 Å². The lowest BCUT2D eigenvalue weighted by Gasteiger charge is -2.24. The highest BCUT2D eigenvalue weighted by atomic mass is 35.5. The molecule has 0 radical (unpaired) electrons. The monoisotopic (exact) mass is 257 g/mol. The second kappa shape index (κ2) is 4.59. The van der Waals surface area contributed by atoms with E-state index in [-0.39, 0.29) is 0 Å². The molecule has 5 heteroatoms. The molecule has 0 spiro atoms. The summed E-state index contributed by atoms with van der Waals surface area (Å²) in [6.45, 7) is 5.62. The number of rotatable bonds is 3. The summed E-state index contributed by atoms with van der Waals surface area (Å²) in [5, 5.41) is 15.6. The van der Waals surface area contributed by atoms with Gasteiger partial charge in [0.25, 0.3) is 0 Å². The van der Waals surface area contributed by atoms with Gasteiger partial charge >= 0.3 is 0 Å². The molecule has 1 N–H and O–H groups in total. The van der Waals surface area contributed by atoms with Crippen LogP contribution in [-0.4, -0.2) is 39.4 Å². The lowest BCUT2D eigenvalue weighted by Crippen LogP contribution is -2.32. The van der Waals surface area contributed by atoms with E-state index in [1.807, 2.05) is 11.7 Å². The number of aliphatic hydroxyl groups is 1. The molecule has 0 amide bonds. The molecule has 0 bridgehead atoms. The van der Waals surface area contributed by atoms with Crippen molar-refractivity contribution >= 4 is 11.6 Å². The Bertz CT molecular complexity index is 394. The summed E-state index contributed by atoms with van der Waals surface area (Å²) >= 11 is 6.18. The summed E-state index contributed by atoms with van der Waals surface area (Å²) in [5.74, 6) is 0. The quantitative estimate of drug-likeness (QED) is 0.899. The molecule has 2 heterocycles. The van der Waals surface area contributed by atoms with Crippen LogP contribution in [0.5, 0.6) is 0 Å². The fourth-order valence-corrected chi connectivity index (χ4v) is 2.97. The van der Waals surface area contributed by atoms with Gasteiger partial charge in [-0.3, -0.25) is 4.68 Å². The van der Waals surface area contributed by atoms with Gasteiger partial charge in [0, 0.05) is 19.1 Å². The summed E-state index contributed by atoms with van der Waals surface area (Å²) < 4.78 is 1.84. The summed E-state index contributed by atoms with van der Waals surface area (Å²) in [6.07, 6.45) is 3.32. The van der Waals surface area contributed by atoms with Crippen LogP contribution < -0.4 is 0 Å². The van der Waals surface area contributed by atoms with Crippen molar-refractivity contribution in [1.82, 2.24) is 14.7 Å². The Labute approximate surface area is 107 Å². The number of aromatic nitrogens is 2. The molecule has 1 saturated heterocycles. The normalized spacial score (nSPS) is 30.1. The Morgan fingerprint density at radius 1 is 1.65 bits per heavy atom. The second-order valence-corrected chi connectivity index (χ2v) is 5.47. The van der Waals surface area contributed by atoms with Crippen molar-refractivity contribution in [3.63, 3.8) is 0 Å². The second-order valence-electron chi connectivity index (χ2n) is 5.06. The molecule has 4 nitrogen and oxygen atoms in total. The third kappa shape index (κ3) is 2.21. The minimum absolute atomic E-state index is 0.362. The highest BCUT2D eigenvalue weighted by molar-refractivity contribution is 6.31. The summed E-state index contributed by atoms with van der Waals surface area (Å²) in [6, 6.07) is 0.362. The van der Waals surface area contributed by atoms with E-state index < -0.39 is 5.60 Å². The van der Waals surface area contributed by atoms with Crippen LogP contribution in [0, 0.1) is 0 Å². The van der Waals surface area contributed by atoms with Crippen LogP contribution >= 0.6 is 11.6 Å². The van der Waals surface area contributed by atoms with Crippen LogP contribution in [0.4, 0.5) is 0 Å². The molecule has 1 aromatic rings. The fourth-order valence-electron chi connectivity index (χ4n) is 2.66. The topological polar surface area (TPSA) is 41.3 Å². The van der Waals surface area contributed by atoms with Crippen molar-refractivity contribution in [3.8, 4) is 0 Å². The van der Waals surface area contributed by atoms with Crippen molar-refractivity contribution < 1.29 is 5.11 Å². The first-order valence-electron chi connectivity index (χ1n) is 6.12. The Morgan fingerprint density at radius 3 is 2.88 bits per heavy atom. The largest absolute Gasteiger partial charge is 0.382 e. The van der Waals surface area contributed by atoms with Gasteiger partial charge < -0.3 is 10.0 Å². The molecule has 0 aliphatic carbocycles. The van der Waals surface area contributed by atoms with Gasteiger partial charge in [-0.05, 0) is 26.8 Å². The van der Waals surface area contributed by atoms with Crippen LogP contribution in [0.25, 0.3) is 0 Å². The van der Waals surface area contributed by atoms with Crippen molar-refractivity contribution in [2.75, 3.05) is 13.6 Å². The van der Waals surface area contributed by atoms with E-state index >= 15 is 0 Å². The minimum Gasteiger partial charge on any atom is -0.382 e. The molecule has 17 heavy (non-hydrogen) atoms. The predicted molar refractivity (Wildman–Crippen MR) is 68.1 cm³/mol. The first-order valence-corrected chi connectivity index (χ1v) is 6.50. The number of hydrogen-bond donors (Lipinski definition) is 1. The fraction of sp³-hybridized carbons (Fsp3) is 0.750. The standard InChI is InChI=1S/C12H20ClN3O/c1-4-5-16-11(10(13)7-14-16)12(17)6-9(2)15(3)8-12/h7,9,17H,4-6,8H2,1-3H3. The van der Waals surface area contributed by atoms with E-state index in [9.17, 15) is 5.11 Å². The molecule has 2 atom stereocenters. The van der Waals surface area contributed by atoms with Gasteiger partial charge in [-0.2, -0.15) is 5.10 Å².